The molecule has 2 aromatic rings. The molecule has 1 unspecified atom stereocenters. The molecule has 1 saturated heterocycles. The molecule has 0 saturated carbocycles. The maximum absolute atomic E-state index is 9.07. The summed E-state index contributed by atoms with van der Waals surface area (Å²) >= 11 is 0. The number of aryl methyl sites for hydroxylation is 2. The lowest BCUT2D eigenvalue weighted by atomic mass is 10.0. The molecule has 118 valence electrons. The van der Waals surface area contributed by atoms with Crippen molar-refractivity contribution < 1.29 is 0 Å². The number of rotatable bonds is 3. The number of likely N-dealkylation sites (tertiary alicyclic amines) is 1. The fraction of sp³-hybridized carbons (Fsp3) is 0.474. The maximum atomic E-state index is 9.07. The van der Waals surface area contributed by atoms with Crippen molar-refractivity contribution in [2.75, 3.05) is 6.54 Å². The van der Waals surface area contributed by atoms with Crippen LogP contribution >= 0.6 is 0 Å². The first kappa shape index (κ1) is 14.5. The van der Waals surface area contributed by atoms with Gasteiger partial charge in [-0.2, -0.15) is 5.26 Å². The van der Waals surface area contributed by atoms with Crippen LogP contribution in [0, 0.1) is 11.3 Å². The summed E-state index contributed by atoms with van der Waals surface area (Å²) in [5.74, 6) is 1.16. The van der Waals surface area contributed by atoms with Crippen LogP contribution in [0.3, 0.4) is 0 Å². The summed E-state index contributed by atoms with van der Waals surface area (Å²) in [5, 5.41) is 9.07. The second kappa shape index (κ2) is 6.17. The van der Waals surface area contributed by atoms with E-state index in [1.165, 1.54) is 42.6 Å². The van der Waals surface area contributed by atoms with Gasteiger partial charge in [0, 0.05) is 12.2 Å². The zero-order valence-electron chi connectivity index (χ0n) is 13.4. The quantitative estimate of drug-likeness (QED) is 0.944. The van der Waals surface area contributed by atoms with Gasteiger partial charge < -0.3 is 4.98 Å². The number of nitriles is 1. The van der Waals surface area contributed by atoms with Gasteiger partial charge in [0.2, 0.25) is 0 Å². The van der Waals surface area contributed by atoms with E-state index in [-0.39, 0.29) is 0 Å². The fourth-order valence-electron chi connectivity index (χ4n) is 3.93. The summed E-state index contributed by atoms with van der Waals surface area (Å²) < 4.78 is 0. The lowest BCUT2D eigenvalue weighted by Gasteiger charge is -2.23. The highest BCUT2D eigenvalue weighted by Gasteiger charge is 2.29. The van der Waals surface area contributed by atoms with Crippen LogP contribution in [-0.2, 0) is 19.4 Å². The number of nitrogens with zero attached hydrogens (tertiary/aromatic N) is 3. The number of hydrogen-bond acceptors (Lipinski definition) is 3. The van der Waals surface area contributed by atoms with E-state index < -0.39 is 0 Å². The third-order valence-electron chi connectivity index (χ3n) is 5.09. The monoisotopic (exact) mass is 306 g/mol. The first-order chi connectivity index (χ1) is 11.3. The van der Waals surface area contributed by atoms with E-state index in [4.69, 9.17) is 10.2 Å². The van der Waals surface area contributed by atoms with Crippen molar-refractivity contribution in [3.63, 3.8) is 0 Å². The molecule has 0 spiro atoms. The number of aromatic nitrogens is 2. The average molecular weight is 306 g/mol. The highest BCUT2D eigenvalue weighted by Crippen LogP contribution is 2.33. The first-order valence-corrected chi connectivity index (χ1v) is 8.64. The Morgan fingerprint density at radius 1 is 1.26 bits per heavy atom. The van der Waals surface area contributed by atoms with Crippen LogP contribution in [0.1, 0.15) is 60.1 Å². The van der Waals surface area contributed by atoms with Crippen molar-refractivity contribution in [1.82, 2.24) is 14.9 Å². The van der Waals surface area contributed by atoms with Crippen LogP contribution in [0.25, 0.3) is 0 Å². The van der Waals surface area contributed by atoms with Crippen molar-refractivity contribution in [2.45, 2.75) is 51.1 Å². The molecule has 2 aliphatic rings. The third-order valence-corrected chi connectivity index (χ3v) is 5.09. The Hall–Kier alpha value is -2.12. The normalized spacial score (nSPS) is 21.1. The largest absolute Gasteiger partial charge is 0.344 e. The van der Waals surface area contributed by atoms with E-state index in [1.54, 1.807) is 0 Å². The van der Waals surface area contributed by atoms with Gasteiger partial charge in [-0.15, -0.1) is 0 Å². The smallest absolute Gasteiger partial charge is 0.124 e. The molecule has 1 aliphatic carbocycles. The molecule has 1 aromatic heterocycles. The molecule has 1 aliphatic heterocycles. The minimum absolute atomic E-state index is 0.395. The number of nitrogens with one attached hydrogen (secondary N) is 1. The Balaban J connectivity index is 1.54. The molecule has 0 amide bonds. The zero-order chi connectivity index (χ0) is 15.6. The van der Waals surface area contributed by atoms with Crippen LogP contribution in [-0.4, -0.2) is 21.4 Å². The van der Waals surface area contributed by atoms with Gasteiger partial charge in [-0.1, -0.05) is 12.1 Å². The first-order valence-electron chi connectivity index (χ1n) is 8.64. The standard InChI is InChI=1S/C19H22N4/c20-12-14-5-3-6-15(11-14)13-23-10-4-9-18(23)19-21-16-7-1-2-8-17(16)22-19/h3,5-6,11,18H,1-2,4,7-10,13H2,(H,21,22). The highest BCUT2D eigenvalue weighted by molar-refractivity contribution is 5.33. The van der Waals surface area contributed by atoms with E-state index >= 15 is 0 Å². The second-order valence-electron chi connectivity index (χ2n) is 6.70. The predicted octanol–water partition coefficient (Wildman–Crippen LogP) is 3.50. The molecule has 23 heavy (non-hydrogen) atoms. The average Bonchev–Trinajstić information content (AvgIpc) is 3.21. The van der Waals surface area contributed by atoms with E-state index in [0.717, 1.165) is 37.3 Å². The Morgan fingerprint density at radius 2 is 2.17 bits per heavy atom. The Bertz CT molecular complexity index is 717. The minimum atomic E-state index is 0.395. The molecule has 2 heterocycles. The molecular formula is C19H22N4. The molecule has 1 atom stereocenters. The number of benzene rings is 1. The number of aromatic amines is 1. The van der Waals surface area contributed by atoms with Crippen molar-refractivity contribution in [1.29, 1.82) is 5.26 Å². The van der Waals surface area contributed by atoms with Gasteiger partial charge in [0.1, 0.15) is 5.82 Å². The summed E-state index contributed by atoms with van der Waals surface area (Å²) in [5.41, 5.74) is 4.62. The SMILES string of the molecule is N#Cc1cccc(CN2CCCC2c2nc3c([nH]2)CCCC3)c1. The van der Waals surface area contributed by atoms with Gasteiger partial charge in [-0.25, -0.2) is 4.98 Å². The number of imidazole rings is 1. The van der Waals surface area contributed by atoms with Crippen LogP contribution < -0.4 is 0 Å². The van der Waals surface area contributed by atoms with Gasteiger partial charge in [0.05, 0.1) is 23.4 Å². The molecule has 0 radical (unpaired) electrons. The molecule has 1 aromatic carbocycles. The molecule has 4 nitrogen and oxygen atoms in total. The van der Waals surface area contributed by atoms with Gasteiger partial charge >= 0.3 is 0 Å². The Morgan fingerprint density at radius 3 is 3.04 bits per heavy atom. The van der Waals surface area contributed by atoms with Gasteiger partial charge in [-0.05, 0) is 62.8 Å². The van der Waals surface area contributed by atoms with E-state index in [0.29, 0.717) is 6.04 Å². The van der Waals surface area contributed by atoms with Gasteiger partial charge in [0.15, 0.2) is 0 Å². The van der Waals surface area contributed by atoms with Crippen LogP contribution in [0.15, 0.2) is 24.3 Å². The summed E-state index contributed by atoms with van der Waals surface area (Å²) in [6.07, 6.45) is 7.22. The van der Waals surface area contributed by atoms with Crippen molar-refractivity contribution in [3.8, 4) is 6.07 Å². The van der Waals surface area contributed by atoms with E-state index in [9.17, 15) is 0 Å². The Labute approximate surface area is 137 Å². The minimum Gasteiger partial charge on any atom is -0.344 e. The van der Waals surface area contributed by atoms with Crippen LogP contribution in [0.2, 0.25) is 0 Å². The zero-order valence-corrected chi connectivity index (χ0v) is 13.4. The van der Waals surface area contributed by atoms with Crippen molar-refractivity contribution in [3.05, 3.63) is 52.6 Å². The fourth-order valence-corrected chi connectivity index (χ4v) is 3.93. The lowest BCUT2D eigenvalue weighted by Crippen LogP contribution is -2.23. The Kier molecular flexibility index (Phi) is 3.88. The van der Waals surface area contributed by atoms with Gasteiger partial charge in [-0.3, -0.25) is 4.90 Å². The summed E-state index contributed by atoms with van der Waals surface area (Å²) in [6, 6.07) is 10.6. The topological polar surface area (TPSA) is 55.7 Å². The van der Waals surface area contributed by atoms with E-state index in [1.807, 2.05) is 18.2 Å². The summed E-state index contributed by atoms with van der Waals surface area (Å²) in [6.45, 7) is 2.00. The molecule has 4 heteroatoms. The summed E-state index contributed by atoms with van der Waals surface area (Å²) in [4.78, 5) is 11.0. The number of H-pyrrole nitrogens is 1. The second-order valence-corrected chi connectivity index (χ2v) is 6.70. The van der Waals surface area contributed by atoms with Crippen molar-refractivity contribution in [2.24, 2.45) is 0 Å². The van der Waals surface area contributed by atoms with Crippen LogP contribution in [0.4, 0.5) is 0 Å². The molecule has 0 bridgehead atoms. The highest BCUT2D eigenvalue weighted by atomic mass is 15.2. The van der Waals surface area contributed by atoms with Crippen LogP contribution in [0.5, 0.6) is 0 Å². The molecule has 4 rings (SSSR count). The summed E-state index contributed by atoms with van der Waals surface area (Å²) in [7, 11) is 0. The maximum Gasteiger partial charge on any atom is 0.124 e. The molecular weight excluding hydrogens is 284 g/mol. The molecule has 1 fully saturated rings. The number of hydrogen-bond donors (Lipinski definition) is 1. The third kappa shape index (κ3) is 2.89. The molecule has 1 N–H and O–H groups in total. The number of fused-ring (bicyclic) bond motifs is 1. The lowest BCUT2D eigenvalue weighted by molar-refractivity contribution is 0.240. The van der Waals surface area contributed by atoms with Gasteiger partial charge in [0.25, 0.3) is 0 Å². The predicted molar refractivity (Wildman–Crippen MR) is 88.8 cm³/mol. The van der Waals surface area contributed by atoms with E-state index in [2.05, 4.69) is 22.0 Å². The van der Waals surface area contributed by atoms with Crippen molar-refractivity contribution >= 4 is 0 Å².